The van der Waals surface area contributed by atoms with Gasteiger partial charge in [-0.05, 0) is 90.3 Å². The summed E-state index contributed by atoms with van der Waals surface area (Å²) in [6.07, 6.45) is 1.82. The molecule has 1 heterocycles. The number of nitrogens with zero attached hydrogens (tertiary/aromatic N) is 4. The fraction of sp³-hybridized carbons (Fsp3) is 0.293. The number of benzene rings is 4. The number of phenolic OH excluding ortho intramolecular Hbond substituents is 1. The van der Waals surface area contributed by atoms with Crippen LogP contribution in [0.25, 0.3) is 5.69 Å². The number of aromatic nitrogens is 2. The highest BCUT2D eigenvalue weighted by Gasteiger charge is 2.27. The quantitative estimate of drug-likeness (QED) is 0.0494. The predicted molar refractivity (Wildman–Crippen MR) is 213 cm³/mol. The number of hydrogen-bond acceptors (Lipinski definition) is 9. The number of amides is 1. The Bertz CT molecular complexity index is 2460. The molecular formula is C41H45N7O6S. The van der Waals surface area contributed by atoms with Gasteiger partial charge in [-0.3, -0.25) is 19.4 Å². The monoisotopic (exact) mass is 763 g/mol. The molecule has 55 heavy (non-hydrogen) atoms. The van der Waals surface area contributed by atoms with Gasteiger partial charge >= 0.3 is 0 Å². The first-order valence-corrected chi connectivity index (χ1v) is 19.2. The smallest absolute Gasteiger partial charge is 0.300 e. The molecule has 0 radical (unpaired) electrons. The summed E-state index contributed by atoms with van der Waals surface area (Å²) in [6, 6.07) is 24.7. The Hall–Kier alpha value is -6.20. The molecule has 5 aromatic rings. The summed E-state index contributed by atoms with van der Waals surface area (Å²) >= 11 is 0. The van der Waals surface area contributed by atoms with Crippen LogP contribution in [0.1, 0.15) is 76.8 Å². The first-order chi connectivity index (χ1) is 26.0. The number of H-pyrrole nitrogens is 1. The van der Waals surface area contributed by atoms with E-state index in [2.05, 4.69) is 73.0 Å². The summed E-state index contributed by atoms with van der Waals surface area (Å²) in [5.74, 6) is -0.228. The minimum absolute atomic E-state index is 0.0280. The SMILES string of the molecule is CCC(C)(C)c1ccc(OCC(=O)Nc2cc(NS(=O)(=O)c3cccc(N=Nc4c(C#N)[nH]n(-c5ccccc5)c4=O)c3)c(O)cc2C)c(C(C)(C)CC)c1. The number of carbonyl (C=O) groups is 1. The molecule has 0 atom stereocenters. The molecule has 286 valence electrons. The topological polar surface area (TPSA) is 191 Å². The summed E-state index contributed by atoms with van der Waals surface area (Å²) < 4.78 is 36.6. The van der Waals surface area contributed by atoms with Gasteiger partial charge in [-0.1, -0.05) is 77.9 Å². The van der Waals surface area contributed by atoms with E-state index in [1.807, 2.05) is 18.2 Å². The molecule has 0 fully saturated rings. The van der Waals surface area contributed by atoms with Gasteiger partial charge in [-0.25, -0.2) is 13.1 Å². The van der Waals surface area contributed by atoms with Crippen LogP contribution in [0.3, 0.4) is 0 Å². The number of ether oxygens (including phenoxy) is 1. The number of hydrogen-bond donors (Lipinski definition) is 4. The van der Waals surface area contributed by atoms with Gasteiger partial charge < -0.3 is 15.2 Å². The van der Waals surface area contributed by atoms with E-state index in [4.69, 9.17) is 4.74 Å². The first kappa shape index (κ1) is 40.0. The number of nitriles is 1. The Morgan fingerprint density at radius 1 is 0.927 bits per heavy atom. The van der Waals surface area contributed by atoms with Gasteiger partial charge in [0.1, 0.15) is 17.6 Å². The maximum Gasteiger partial charge on any atom is 0.300 e. The molecule has 0 saturated carbocycles. The largest absolute Gasteiger partial charge is 0.506 e. The van der Waals surface area contributed by atoms with Crippen molar-refractivity contribution >= 4 is 38.7 Å². The van der Waals surface area contributed by atoms with Crippen molar-refractivity contribution in [1.29, 1.82) is 5.26 Å². The predicted octanol–water partition coefficient (Wildman–Crippen LogP) is 8.66. The van der Waals surface area contributed by atoms with Gasteiger partial charge in [0.05, 0.1) is 22.0 Å². The van der Waals surface area contributed by atoms with Gasteiger partial charge in [0, 0.05) is 11.3 Å². The van der Waals surface area contributed by atoms with Crippen molar-refractivity contribution in [3.63, 3.8) is 0 Å². The van der Waals surface area contributed by atoms with Crippen LogP contribution in [0.5, 0.6) is 11.5 Å². The minimum atomic E-state index is -4.31. The molecular weight excluding hydrogens is 719 g/mol. The van der Waals surface area contributed by atoms with Crippen LogP contribution >= 0.6 is 0 Å². The number of carbonyl (C=O) groups excluding carboxylic acids is 1. The number of aromatic hydroxyl groups is 1. The van der Waals surface area contributed by atoms with Gasteiger partial charge in [0.15, 0.2) is 18.0 Å². The van der Waals surface area contributed by atoms with Crippen molar-refractivity contribution in [1.82, 2.24) is 9.78 Å². The molecule has 13 nitrogen and oxygen atoms in total. The zero-order chi connectivity index (χ0) is 40.1. The van der Waals surface area contributed by atoms with E-state index in [0.29, 0.717) is 17.0 Å². The lowest BCUT2D eigenvalue weighted by molar-refractivity contribution is -0.118. The Balaban J connectivity index is 1.32. The lowest BCUT2D eigenvalue weighted by Gasteiger charge is -2.30. The van der Waals surface area contributed by atoms with Gasteiger partial charge in [0.2, 0.25) is 0 Å². The second-order valence-corrected chi connectivity index (χ2v) is 16.1. The van der Waals surface area contributed by atoms with Crippen molar-refractivity contribution in [3.05, 3.63) is 118 Å². The highest BCUT2D eigenvalue weighted by atomic mass is 32.2. The molecule has 0 spiro atoms. The number of anilines is 2. The third kappa shape index (κ3) is 8.96. The number of aryl methyl sites for hydroxylation is 1. The fourth-order valence-corrected chi connectivity index (χ4v) is 6.73. The molecule has 0 aliphatic heterocycles. The van der Waals surface area contributed by atoms with Crippen LogP contribution in [0.15, 0.2) is 105 Å². The van der Waals surface area contributed by atoms with Crippen LogP contribution in [-0.2, 0) is 25.6 Å². The first-order valence-electron chi connectivity index (χ1n) is 17.8. The summed E-state index contributed by atoms with van der Waals surface area (Å²) in [7, 11) is -4.31. The molecule has 1 amide bonds. The maximum atomic E-state index is 13.5. The van der Waals surface area contributed by atoms with E-state index >= 15 is 0 Å². The Labute approximate surface area is 320 Å². The van der Waals surface area contributed by atoms with E-state index in [-0.39, 0.29) is 56.5 Å². The number of para-hydroxylation sites is 1. The Kier molecular flexibility index (Phi) is 11.7. The van der Waals surface area contributed by atoms with Crippen LogP contribution in [-0.4, -0.2) is 35.8 Å². The summed E-state index contributed by atoms with van der Waals surface area (Å²) in [5, 5.41) is 33.8. The van der Waals surface area contributed by atoms with Crippen molar-refractivity contribution in [2.24, 2.45) is 10.2 Å². The van der Waals surface area contributed by atoms with Crippen molar-refractivity contribution in [3.8, 4) is 23.3 Å². The molecule has 0 unspecified atom stereocenters. The highest BCUT2D eigenvalue weighted by molar-refractivity contribution is 7.92. The third-order valence-corrected chi connectivity index (χ3v) is 11.2. The van der Waals surface area contributed by atoms with E-state index in [9.17, 15) is 28.4 Å². The zero-order valence-electron chi connectivity index (χ0n) is 31.9. The van der Waals surface area contributed by atoms with Crippen LogP contribution in [0, 0.1) is 18.3 Å². The number of rotatable bonds is 14. The van der Waals surface area contributed by atoms with Crippen LogP contribution < -0.4 is 20.3 Å². The standard InChI is InChI=1S/C41H45N7O6S/c1-8-40(4,5)27-18-19-36(31(21-27)41(6,7)9-2)54-25-37(50)43-32-23-33(35(49)20-26(32)3)47-55(52,53)30-17-13-14-28(22-30)44-45-38-34(24-42)46-48(39(38)51)29-15-11-10-12-16-29/h10-23,46-47,49H,8-9,25H2,1-7H3,(H,43,50). The molecule has 0 aliphatic carbocycles. The lowest BCUT2D eigenvalue weighted by Crippen LogP contribution is -2.24. The number of azo groups is 1. The van der Waals surface area contributed by atoms with E-state index < -0.39 is 21.5 Å². The molecule has 0 saturated heterocycles. The molecule has 0 aliphatic rings. The number of nitrogens with one attached hydrogen (secondary N) is 3. The van der Waals surface area contributed by atoms with Gasteiger partial charge in [-0.2, -0.15) is 10.4 Å². The molecule has 4 aromatic carbocycles. The molecule has 4 N–H and O–H groups in total. The average Bonchev–Trinajstić information content (AvgIpc) is 3.49. The summed E-state index contributed by atoms with van der Waals surface area (Å²) in [5.41, 5.74) is 2.12. The fourth-order valence-electron chi connectivity index (χ4n) is 5.62. The molecule has 1 aromatic heterocycles. The normalized spacial score (nSPS) is 12.0. The summed E-state index contributed by atoms with van der Waals surface area (Å²) in [4.78, 5) is 26.0. The zero-order valence-corrected chi connectivity index (χ0v) is 32.7. The minimum Gasteiger partial charge on any atom is -0.506 e. The van der Waals surface area contributed by atoms with E-state index in [0.717, 1.165) is 23.1 Å². The van der Waals surface area contributed by atoms with Gasteiger partial charge in [0.25, 0.3) is 21.5 Å². The lowest BCUT2D eigenvalue weighted by atomic mass is 9.76. The Morgan fingerprint density at radius 2 is 1.64 bits per heavy atom. The third-order valence-electron chi connectivity index (χ3n) is 9.86. The average molecular weight is 764 g/mol. The number of sulfonamides is 1. The number of phenols is 1. The van der Waals surface area contributed by atoms with Crippen LogP contribution in [0.2, 0.25) is 0 Å². The van der Waals surface area contributed by atoms with Crippen molar-refractivity contribution in [2.75, 3.05) is 16.6 Å². The van der Waals surface area contributed by atoms with Crippen molar-refractivity contribution in [2.45, 2.75) is 77.0 Å². The molecule has 0 bridgehead atoms. The highest BCUT2D eigenvalue weighted by Crippen LogP contribution is 2.39. The summed E-state index contributed by atoms with van der Waals surface area (Å²) in [6.45, 7) is 14.3. The second kappa shape index (κ2) is 16.0. The van der Waals surface area contributed by atoms with E-state index in [1.54, 1.807) is 37.3 Å². The maximum absolute atomic E-state index is 13.5. The molecule has 14 heteroatoms. The van der Waals surface area contributed by atoms with Crippen LogP contribution in [0.4, 0.5) is 22.7 Å². The number of aromatic amines is 1. The van der Waals surface area contributed by atoms with Crippen molar-refractivity contribution < 1.29 is 23.1 Å². The van der Waals surface area contributed by atoms with E-state index in [1.165, 1.54) is 42.0 Å². The Morgan fingerprint density at radius 3 is 2.31 bits per heavy atom. The van der Waals surface area contributed by atoms with Gasteiger partial charge in [-0.15, -0.1) is 5.11 Å². The second-order valence-electron chi connectivity index (χ2n) is 14.4. The molecule has 5 rings (SSSR count).